The molecule has 0 fully saturated rings. The predicted octanol–water partition coefficient (Wildman–Crippen LogP) is 10.9. The van der Waals surface area contributed by atoms with Crippen molar-refractivity contribution < 1.29 is 0 Å². The van der Waals surface area contributed by atoms with E-state index in [1.54, 1.807) is 0 Å². The Morgan fingerprint density at radius 2 is 0.775 bits per heavy atom. The van der Waals surface area contributed by atoms with Gasteiger partial charge in [-0.3, -0.25) is 0 Å². The molecule has 2 heteroatoms. The molecule has 0 atom stereocenters. The second kappa shape index (κ2) is 11.3. The Bertz CT molecular complexity index is 1590. The van der Waals surface area contributed by atoms with E-state index in [0.717, 1.165) is 39.7 Å². The lowest BCUT2D eigenvalue weighted by atomic mass is 9.99. The van der Waals surface area contributed by atoms with E-state index in [9.17, 15) is 0 Å². The van der Waals surface area contributed by atoms with E-state index >= 15 is 0 Å². The van der Waals surface area contributed by atoms with Crippen molar-refractivity contribution in [1.82, 2.24) is 0 Å². The highest BCUT2D eigenvalue weighted by molar-refractivity contribution is 5.99. The standard InChI is InChI=1S/C38H32N2/c1-29-21-25-34(26-22-29)39(35-27-23-30(2)24-28-35)37-20-12-19-36(31-13-6-3-7-14-31)38(37)40(32-15-8-4-9-16-32)33-17-10-5-11-18-33/h3-28H,1-2H3. The molecule has 0 N–H and O–H groups in total. The molecule has 6 rings (SSSR count). The molecule has 0 aliphatic carbocycles. The summed E-state index contributed by atoms with van der Waals surface area (Å²) in [6.07, 6.45) is 0. The molecule has 0 aromatic heterocycles. The number of aryl methyl sites for hydroxylation is 2. The van der Waals surface area contributed by atoms with Gasteiger partial charge in [0.25, 0.3) is 0 Å². The molecule has 0 spiro atoms. The van der Waals surface area contributed by atoms with Gasteiger partial charge in [-0.15, -0.1) is 0 Å². The van der Waals surface area contributed by atoms with Crippen LogP contribution in [0.5, 0.6) is 0 Å². The molecular formula is C38H32N2. The highest BCUT2D eigenvalue weighted by atomic mass is 15.2. The summed E-state index contributed by atoms with van der Waals surface area (Å²) in [5.74, 6) is 0. The van der Waals surface area contributed by atoms with Crippen molar-refractivity contribution in [1.29, 1.82) is 0 Å². The fourth-order valence-electron chi connectivity index (χ4n) is 5.17. The van der Waals surface area contributed by atoms with Gasteiger partial charge in [-0.1, -0.05) is 114 Å². The van der Waals surface area contributed by atoms with Crippen LogP contribution >= 0.6 is 0 Å². The van der Waals surface area contributed by atoms with Crippen LogP contribution < -0.4 is 9.80 Å². The molecule has 0 saturated carbocycles. The van der Waals surface area contributed by atoms with Crippen LogP contribution in [0.1, 0.15) is 11.1 Å². The van der Waals surface area contributed by atoms with Crippen molar-refractivity contribution in [3.63, 3.8) is 0 Å². The van der Waals surface area contributed by atoms with E-state index in [1.807, 2.05) is 0 Å². The fraction of sp³-hybridized carbons (Fsp3) is 0.0526. The first-order valence-electron chi connectivity index (χ1n) is 13.7. The third-order valence-electron chi connectivity index (χ3n) is 7.18. The molecule has 0 saturated heterocycles. The topological polar surface area (TPSA) is 6.48 Å². The molecule has 6 aromatic rings. The lowest BCUT2D eigenvalue weighted by molar-refractivity contribution is 1.22. The van der Waals surface area contributed by atoms with Gasteiger partial charge in [0.1, 0.15) is 0 Å². The molecule has 0 amide bonds. The van der Waals surface area contributed by atoms with Crippen molar-refractivity contribution in [2.24, 2.45) is 0 Å². The van der Waals surface area contributed by atoms with Crippen LogP contribution in [0.3, 0.4) is 0 Å². The molecule has 0 bridgehead atoms. The van der Waals surface area contributed by atoms with Crippen molar-refractivity contribution in [2.45, 2.75) is 13.8 Å². The maximum atomic E-state index is 2.38. The minimum atomic E-state index is 1.10. The number of benzene rings is 6. The molecule has 0 heterocycles. The summed E-state index contributed by atoms with van der Waals surface area (Å²) in [5, 5.41) is 0. The number of anilines is 6. The summed E-state index contributed by atoms with van der Waals surface area (Å²) >= 11 is 0. The molecular weight excluding hydrogens is 484 g/mol. The lowest BCUT2D eigenvalue weighted by Gasteiger charge is -2.35. The molecule has 0 aliphatic rings. The van der Waals surface area contributed by atoms with Crippen molar-refractivity contribution in [3.05, 3.63) is 169 Å². The van der Waals surface area contributed by atoms with Crippen LogP contribution in [0.25, 0.3) is 11.1 Å². The number of rotatable bonds is 7. The summed E-state index contributed by atoms with van der Waals surface area (Å²) in [6.45, 7) is 4.27. The highest BCUT2D eigenvalue weighted by Gasteiger charge is 2.25. The quantitative estimate of drug-likeness (QED) is 0.208. The van der Waals surface area contributed by atoms with E-state index in [2.05, 4.69) is 181 Å². The normalized spacial score (nSPS) is 10.8. The van der Waals surface area contributed by atoms with Crippen LogP contribution in [0, 0.1) is 13.8 Å². The minimum Gasteiger partial charge on any atom is -0.308 e. The molecule has 2 nitrogen and oxygen atoms in total. The summed E-state index contributed by atoms with van der Waals surface area (Å²) in [5.41, 5.74) is 11.5. The van der Waals surface area contributed by atoms with Crippen LogP contribution in [-0.4, -0.2) is 0 Å². The maximum Gasteiger partial charge on any atom is 0.0781 e. The van der Waals surface area contributed by atoms with E-state index in [0.29, 0.717) is 0 Å². The van der Waals surface area contributed by atoms with E-state index in [1.165, 1.54) is 16.7 Å². The highest BCUT2D eigenvalue weighted by Crippen LogP contribution is 2.49. The maximum absolute atomic E-state index is 2.38. The number of hydrogen-bond donors (Lipinski definition) is 0. The van der Waals surface area contributed by atoms with E-state index < -0.39 is 0 Å². The van der Waals surface area contributed by atoms with Gasteiger partial charge in [0, 0.05) is 28.3 Å². The third kappa shape index (κ3) is 5.12. The summed E-state index contributed by atoms with van der Waals surface area (Å²) < 4.78 is 0. The fourth-order valence-corrected chi connectivity index (χ4v) is 5.17. The second-order valence-electron chi connectivity index (χ2n) is 10.1. The summed E-state index contributed by atoms with van der Waals surface area (Å²) in [6, 6.07) is 56.2. The van der Waals surface area contributed by atoms with Gasteiger partial charge < -0.3 is 9.80 Å². The monoisotopic (exact) mass is 516 g/mol. The van der Waals surface area contributed by atoms with Gasteiger partial charge in [0.15, 0.2) is 0 Å². The largest absolute Gasteiger partial charge is 0.308 e. The van der Waals surface area contributed by atoms with Gasteiger partial charge >= 0.3 is 0 Å². The lowest BCUT2D eigenvalue weighted by Crippen LogP contribution is -2.18. The Morgan fingerprint density at radius 3 is 1.25 bits per heavy atom. The van der Waals surface area contributed by atoms with Crippen molar-refractivity contribution >= 4 is 34.1 Å². The summed E-state index contributed by atoms with van der Waals surface area (Å²) in [7, 11) is 0. The van der Waals surface area contributed by atoms with Gasteiger partial charge in [0.2, 0.25) is 0 Å². The van der Waals surface area contributed by atoms with Gasteiger partial charge in [-0.25, -0.2) is 0 Å². The van der Waals surface area contributed by atoms with E-state index in [-0.39, 0.29) is 0 Å². The molecule has 0 aliphatic heterocycles. The predicted molar refractivity (Wildman–Crippen MR) is 171 cm³/mol. The number of hydrogen-bond acceptors (Lipinski definition) is 2. The van der Waals surface area contributed by atoms with Gasteiger partial charge in [-0.05, 0) is 74.0 Å². The third-order valence-corrected chi connectivity index (χ3v) is 7.18. The zero-order chi connectivity index (χ0) is 27.3. The van der Waals surface area contributed by atoms with Gasteiger partial charge in [-0.2, -0.15) is 0 Å². The first kappa shape index (κ1) is 25.2. The number of nitrogens with zero attached hydrogens (tertiary/aromatic N) is 2. The molecule has 0 unspecified atom stereocenters. The Hall–Kier alpha value is -5.08. The molecule has 6 aromatic carbocycles. The van der Waals surface area contributed by atoms with Crippen LogP contribution in [-0.2, 0) is 0 Å². The zero-order valence-corrected chi connectivity index (χ0v) is 22.9. The average molecular weight is 517 g/mol. The minimum absolute atomic E-state index is 1.10. The van der Waals surface area contributed by atoms with Crippen LogP contribution in [0.2, 0.25) is 0 Å². The Balaban J connectivity index is 1.70. The first-order valence-corrected chi connectivity index (χ1v) is 13.7. The Morgan fingerprint density at radius 1 is 0.350 bits per heavy atom. The van der Waals surface area contributed by atoms with Crippen LogP contribution in [0.15, 0.2) is 158 Å². The Labute approximate surface area is 237 Å². The van der Waals surface area contributed by atoms with Gasteiger partial charge in [0.05, 0.1) is 11.4 Å². The average Bonchev–Trinajstić information content (AvgIpc) is 3.01. The Kier molecular flexibility index (Phi) is 7.15. The van der Waals surface area contributed by atoms with Crippen molar-refractivity contribution in [2.75, 3.05) is 9.80 Å². The SMILES string of the molecule is Cc1ccc(N(c2ccc(C)cc2)c2cccc(-c3ccccc3)c2N(c2ccccc2)c2ccccc2)cc1. The zero-order valence-electron chi connectivity index (χ0n) is 22.9. The number of para-hydroxylation sites is 3. The van der Waals surface area contributed by atoms with Crippen molar-refractivity contribution in [3.8, 4) is 11.1 Å². The van der Waals surface area contributed by atoms with Crippen LogP contribution in [0.4, 0.5) is 34.1 Å². The molecule has 40 heavy (non-hydrogen) atoms. The smallest absolute Gasteiger partial charge is 0.0781 e. The van der Waals surface area contributed by atoms with E-state index in [4.69, 9.17) is 0 Å². The first-order chi connectivity index (χ1) is 19.7. The molecule has 0 radical (unpaired) electrons. The summed E-state index contributed by atoms with van der Waals surface area (Å²) in [4.78, 5) is 4.76. The molecule has 194 valence electrons. The second-order valence-corrected chi connectivity index (χ2v) is 10.1.